The lowest BCUT2D eigenvalue weighted by molar-refractivity contribution is -0.144. The SMILES string of the molecule is CC(Oc1cccc(/C=C/Cn2cccc2C(=O)c2ccc(-c3ccccc3)cc2)c1)C(=O)O. The molecule has 0 saturated heterocycles. The minimum absolute atomic E-state index is 0.0314. The molecule has 4 aromatic rings. The van der Waals surface area contributed by atoms with Gasteiger partial charge < -0.3 is 14.4 Å². The third-order valence-corrected chi connectivity index (χ3v) is 5.45. The number of aliphatic carboxylic acids is 1. The van der Waals surface area contributed by atoms with Crippen molar-refractivity contribution in [2.45, 2.75) is 19.6 Å². The molecule has 0 amide bonds. The van der Waals surface area contributed by atoms with Gasteiger partial charge in [-0.2, -0.15) is 0 Å². The van der Waals surface area contributed by atoms with E-state index in [0.717, 1.165) is 16.7 Å². The van der Waals surface area contributed by atoms with Crippen LogP contribution in [0.4, 0.5) is 0 Å². The van der Waals surface area contributed by atoms with Crippen LogP contribution >= 0.6 is 0 Å². The molecule has 1 unspecified atom stereocenters. The Labute approximate surface area is 198 Å². The maximum Gasteiger partial charge on any atom is 0.344 e. The van der Waals surface area contributed by atoms with Crippen molar-refractivity contribution in [3.8, 4) is 16.9 Å². The van der Waals surface area contributed by atoms with E-state index >= 15 is 0 Å². The van der Waals surface area contributed by atoms with Gasteiger partial charge >= 0.3 is 5.97 Å². The standard InChI is InChI=1S/C29H25NO4/c1-21(29(32)33)34-26-12-5-8-22(20-26)9-6-18-30-19-7-13-27(30)28(31)25-16-14-24(15-17-25)23-10-3-2-4-11-23/h2-17,19-21H,18H2,1H3,(H,32,33)/b9-6+. The van der Waals surface area contributed by atoms with Crippen molar-refractivity contribution in [1.29, 1.82) is 0 Å². The molecule has 5 nitrogen and oxygen atoms in total. The van der Waals surface area contributed by atoms with Crippen molar-refractivity contribution in [2.24, 2.45) is 0 Å². The third kappa shape index (κ3) is 5.51. The molecule has 0 bridgehead atoms. The first-order valence-electron chi connectivity index (χ1n) is 11.0. The van der Waals surface area contributed by atoms with Gasteiger partial charge in [-0.15, -0.1) is 0 Å². The van der Waals surface area contributed by atoms with E-state index in [1.165, 1.54) is 6.92 Å². The number of hydrogen-bond acceptors (Lipinski definition) is 3. The third-order valence-electron chi connectivity index (χ3n) is 5.45. The summed E-state index contributed by atoms with van der Waals surface area (Å²) in [6.45, 7) is 2.01. The molecule has 0 saturated carbocycles. The largest absolute Gasteiger partial charge is 0.479 e. The Balaban J connectivity index is 1.43. The maximum atomic E-state index is 13.1. The van der Waals surface area contributed by atoms with E-state index in [9.17, 15) is 9.59 Å². The zero-order chi connectivity index (χ0) is 23.9. The first kappa shape index (κ1) is 22.8. The Morgan fingerprint density at radius 3 is 2.38 bits per heavy atom. The van der Waals surface area contributed by atoms with Crippen LogP contribution in [0, 0.1) is 0 Å². The van der Waals surface area contributed by atoms with Gasteiger partial charge in [-0.05, 0) is 47.9 Å². The number of benzene rings is 3. The van der Waals surface area contributed by atoms with Gasteiger partial charge in [0.2, 0.25) is 5.78 Å². The molecule has 1 N–H and O–H groups in total. The Bertz CT molecular complexity index is 1300. The van der Waals surface area contributed by atoms with Crippen LogP contribution in [0.1, 0.15) is 28.5 Å². The molecule has 3 aromatic carbocycles. The Kier molecular flexibility index (Phi) is 7.04. The van der Waals surface area contributed by atoms with Gasteiger partial charge in [0, 0.05) is 18.3 Å². The van der Waals surface area contributed by atoms with Gasteiger partial charge in [-0.1, -0.05) is 78.9 Å². The van der Waals surface area contributed by atoms with Gasteiger partial charge in [-0.25, -0.2) is 4.79 Å². The fourth-order valence-electron chi connectivity index (χ4n) is 3.62. The summed E-state index contributed by atoms with van der Waals surface area (Å²) in [6, 6.07) is 28.6. The van der Waals surface area contributed by atoms with E-state index < -0.39 is 12.1 Å². The number of hydrogen-bond donors (Lipinski definition) is 1. The number of carboxylic acids is 1. The van der Waals surface area contributed by atoms with Crippen LogP contribution < -0.4 is 4.74 Å². The van der Waals surface area contributed by atoms with Crippen LogP contribution in [0.3, 0.4) is 0 Å². The van der Waals surface area contributed by atoms with Crippen molar-refractivity contribution < 1.29 is 19.4 Å². The Morgan fingerprint density at radius 2 is 1.65 bits per heavy atom. The Hall–Kier alpha value is -4.38. The molecule has 0 spiro atoms. The first-order valence-corrected chi connectivity index (χ1v) is 11.0. The number of aromatic nitrogens is 1. The smallest absolute Gasteiger partial charge is 0.344 e. The van der Waals surface area contributed by atoms with Gasteiger partial charge in [-0.3, -0.25) is 4.79 Å². The summed E-state index contributed by atoms with van der Waals surface area (Å²) in [5, 5.41) is 9.01. The quantitative estimate of drug-likeness (QED) is 0.319. The molecule has 1 atom stereocenters. The molecule has 0 radical (unpaired) electrons. The predicted octanol–water partition coefficient (Wildman–Crippen LogP) is 5.95. The fraction of sp³-hybridized carbons (Fsp3) is 0.103. The van der Waals surface area contributed by atoms with E-state index in [1.807, 2.05) is 102 Å². The van der Waals surface area contributed by atoms with Gasteiger partial charge in [0.25, 0.3) is 0 Å². The highest BCUT2D eigenvalue weighted by atomic mass is 16.5. The van der Waals surface area contributed by atoms with E-state index in [0.29, 0.717) is 23.6 Å². The van der Waals surface area contributed by atoms with Crippen LogP contribution in [0.2, 0.25) is 0 Å². The fourth-order valence-corrected chi connectivity index (χ4v) is 3.62. The number of carbonyl (C=O) groups excluding carboxylic acids is 1. The second kappa shape index (κ2) is 10.5. The molecular weight excluding hydrogens is 426 g/mol. The number of carboxylic acid groups (broad SMARTS) is 1. The average Bonchev–Trinajstić information content (AvgIpc) is 3.33. The second-order valence-corrected chi connectivity index (χ2v) is 7.89. The molecule has 5 heteroatoms. The molecule has 4 rings (SSSR count). The minimum Gasteiger partial charge on any atom is -0.479 e. The van der Waals surface area contributed by atoms with E-state index in [4.69, 9.17) is 9.84 Å². The monoisotopic (exact) mass is 451 g/mol. The number of nitrogens with zero attached hydrogens (tertiary/aromatic N) is 1. The van der Waals surface area contributed by atoms with Crippen LogP contribution in [-0.4, -0.2) is 27.5 Å². The van der Waals surface area contributed by atoms with Gasteiger partial charge in [0.05, 0.1) is 5.69 Å². The molecule has 34 heavy (non-hydrogen) atoms. The number of carbonyl (C=O) groups is 2. The van der Waals surface area contributed by atoms with E-state index in [2.05, 4.69) is 0 Å². The van der Waals surface area contributed by atoms with Crippen molar-refractivity contribution in [3.05, 3.63) is 120 Å². The summed E-state index contributed by atoms with van der Waals surface area (Å²) in [5.74, 6) is -0.552. The van der Waals surface area contributed by atoms with Gasteiger partial charge in [0.15, 0.2) is 6.10 Å². The van der Waals surface area contributed by atoms with E-state index in [1.54, 1.807) is 12.1 Å². The molecule has 1 heterocycles. The summed E-state index contributed by atoms with van der Waals surface area (Å²) in [7, 11) is 0. The molecule has 1 aromatic heterocycles. The molecular formula is C29H25NO4. The van der Waals surface area contributed by atoms with Gasteiger partial charge in [0.1, 0.15) is 5.75 Å². The van der Waals surface area contributed by atoms with Crippen LogP contribution in [0.15, 0.2) is 103 Å². The van der Waals surface area contributed by atoms with Crippen molar-refractivity contribution in [3.63, 3.8) is 0 Å². The number of allylic oxidation sites excluding steroid dienone is 1. The van der Waals surface area contributed by atoms with Crippen LogP contribution in [0.25, 0.3) is 17.2 Å². The van der Waals surface area contributed by atoms with Crippen LogP contribution in [-0.2, 0) is 11.3 Å². The molecule has 0 aliphatic rings. The summed E-state index contributed by atoms with van der Waals surface area (Å²) in [4.78, 5) is 24.1. The lowest BCUT2D eigenvalue weighted by atomic mass is 10.0. The van der Waals surface area contributed by atoms with Crippen molar-refractivity contribution >= 4 is 17.8 Å². The highest BCUT2D eigenvalue weighted by Gasteiger charge is 2.14. The van der Waals surface area contributed by atoms with E-state index in [-0.39, 0.29) is 5.78 Å². The summed E-state index contributed by atoms with van der Waals surface area (Å²) in [6.07, 6.45) is 4.83. The molecule has 0 aliphatic heterocycles. The number of rotatable bonds is 9. The Morgan fingerprint density at radius 1 is 0.912 bits per heavy atom. The average molecular weight is 452 g/mol. The molecule has 0 aliphatic carbocycles. The lowest BCUT2D eigenvalue weighted by Gasteiger charge is -2.10. The highest BCUT2D eigenvalue weighted by molar-refractivity contribution is 6.08. The summed E-state index contributed by atoms with van der Waals surface area (Å²) in [5.41, 5.74) is 4.32. The topological polar surface area (TPSA) is 68.5 Å². The minimum atomic E-state index is -1.01. The zero-order valence-electron chi connectivity index (χ0n) is 18.8. The molecule has 0 fully saturated rings. The zero-order valence-corrected chi connectivity index (χ0v) is 18.8. The second-order valence-electron chi connectivity index (χ2n) is 7.89. The lowest BCUT2D eigenvalue weighted by Crippen LogP contribution is -2.22. The normalized spacial score (nSPS) is 11.9. The first-order chi connectivity index (χ1) is 16.5. The summed E-state index contributed by atoms with van der Waals surface area (Å²) < 4.78 is 7.32. The van der Waals surface area contributed by atoms with Crippen molar-refractivity contribution in [1.82, 2.24) is 4.57 Å². The highest BCUT2D eigenvalue weighted by Crippen LogP contribution is 2.21. The molecule has 170 valence electrons. The predicted molar refractivity (Wildman–Crippen MR) is 133 cm³/mol. The number of ketones is 1. The number of ether oxygens (including phenoxy) is 1. The summed E-state index contributed by atoms with van der Waals surface area (Å²) >= 11 is 0. The van der Waals surface area contributed by atoms with Crippen molar-refractivity contribution in [2.75, 3.05) is 0 Å². The van der Waals surface area contributed by atoms with Crippen LogP contribution in [0.5, 0.6) is 5.75 Å². The maximum absolute atomic E-state index is 13.1.